The molecule has 0 amide bonds. The molecule has 100 valence electrons. The van der Waals surface area contributed by atoms with Crippen molar-refractivity contribution in [1.29, 1.82) is 0 Å². The first-order valence-electron chi connectivity index (χ1n) is 5.13. The molecule has 0 fully saturated rings. The molecular weight excluding hydrogens is 374 g/mol. The Morgan fingerprint density at radius 2 is 1.79 bits per heavy atom. The molecule has 1 aromatic heterocycles. The van der Waals surface area contributed by atoms with Crippen LogP contribution in [0.4, 0.5) is 17.5 Å². The number of benzene rings is 1. The van der Waals surface area contributed by atoms with Crippen molar-refractivity contribution in [2.45, 2.75) is 0 Å². The van der Waals surface area contributed by atoms with Crippen molar-refractivity contribution >= 4 is 68.2 Å². The molecule has 0 aliphatic heterocycles. The Hall–Kier alpha value is -0.750. The van der Waals surface area contributed by atoms with Crippen LogP contribution in [0, 0.1) is 0 Å². The van der Waals surface area contributed by atoms with E-state index in [0.29, 0.717) is 37.0 Å². The van der Waals surface area contributed by atoms with Crippen molar-refractivity contribution in [2.75, 3.05) is 17.7 Å². The summed E-state index contributed by atoms with van der Waals surface area (Å²) in [6, 6.07) is 3.21. The monoisotopic (exact) mass is 380 g/mol. The van der Waals surface area contributed by atoms with E-state index in [1.807, 2.05) is 0 Å². The van der Waals surface area contributed by atoms with Gasteiger partial charge in [0.1, 0.15) is 5.82 Å². The van der Waals surface area contributed by atoms with Crippen LogP contribution in [0.25, 0.3) is 0 Å². The molecule has 2 rings (SSSR count). The Labute approximate surface area is 133 Å². The number of aromatic nitrogens is 2. The van der Waals surface area contributed by atoms with Gasteiger partial charge in [0, 0.05) is 13.2 Å². The molecule has 0 aliphatic carbocycles. The summed E-state index contributed by atoms with van der Waals surface area (Å²) in [7, 11) is 1.74. The van der Waals surface area contributed by atoms with Gasteiger partial charge in [0.25, 0.3) is 0 Å². The van der Waals surface area contributed by atoms with Crippen LogP contribution >= 0.6 is 50.7 Å². The lowest BCUT2D eigenvalue weighted by Crippen LogP contribution is -2.01. The first-order chi connectivity index (χ1) is 9.01. The van der Waals surface area contributed by atoms with Crippen molar-refractivity contribution < 1.29 is 0 Å². The van der Waals surface area contributed by atoms with E-state index < -0.39 is 0 Å². The summed E-state index contributed by atoms with van der Waals surface area (Å²) in [5, 5.41) is 7.18. The number of hydrogen-bond acceptors (Lipinski definition) is 4. The fourth-order valence-corrected chi connectivity index (χ4v) is 2.21. The first kappa shape index (κ1) is 14.7. The lowest BCUT2D eigenvalue weighted by atomic mass is 10.3. The average Bonchev–Trinajstić information content (AvgIpc) is 2.38. The van der Waals surface area contributed by atoms with Crippen molar-refractivity contribution in [2.24, 2.45) is 0 Å². The van der Waals surface area contributed by atoms with Gasteiger partial charge in [-0.2, -0.15) is 4.98 Å². The van der Waals surface area contributed by atoms with Crippen LogP contribution in [-0.2, 0) is 0 Å². The largest absolute Gasteiger partial charge is 0.357 e. The fourth-order valence-electron chi connectivity index (χ4n) is 1.32. The molecule has 2 aromatic rings. The van der Waals surface area contributed by atoms with Gasteiger partial charge in [-0.1, -0.05) is 34.8 Å². The molecule has 19 heavy (non-hydrogen) atoms. The summed E-state index contributed by atoms with van der Waals surface area (Å²) in [6.45, 7) is 0. The minimum Gasteiger partial charge on any atom is -0.357 e. The van der Waals surface area contributed by atoms with Gasteiger partial charge in [-0.15, -0.1) is 0 Å². The van der Waals surface area contributed by atoms with E-state index in [1.54, 1.807) is 25.4 Å². The summed E-state index contributed by atoms with van der Waals surface area (Å²) in [5.41, 5.74) is 0.609. The van der Waals surface area contributed by atoms with Crippen LogP contribution in [0.1, 0.15) is 0 Å². The number of hydrogen-bond donors (Lipinski definition) is 2. The highest BCUT2D eigenvalue weighted by Gasteiger charge is 2.10. The Bertz CT molecular complexity index is 621. The minimum absolute atomic E-state index is 0.398. The van der Waals surface area contributed by atoms with Gasteiger partial charge in [0.15, 0.2) is 0 Å². The Morgan fingerprint density at radius 3 is 2.47 bits per heavy atom. The van der Waals surface area contributed by atoms with E-state index in [9.17, 15) is 0 Å². The number of rotatable bonds is 3. The van der Waals surface area contributed by atoms with Gasteiger partial charge < -0.3 is 10.6 Å². The summed E-state index contributed by atoms with van der Waals surface area (Å²) in [4.78, 5) is 8.33. The van der Waals surface area contributed by atoms with Crippen molar-refractivity contribution in [1.82, 2.24) is 9.97 Å². The SMILES string of the molecule is CNc1ncc(Br)c(Nc2cc(Cl)c(Cl)cc2Cl)n1. The third-order valence-electron chi connectivity index (χ3n) is 2.23. The number of anilines is 3. The highest BCUT2D eigenvalue weighted by molar-refractivity contribution is 9.10. The topological polar surface area (TPSA) is 49.8 Å². The molecule has 0 unspecified atom stereocenters. The van der Waals surface area contributed by atoms with E-state index in [-0.39, 0.29) is 0 Å². The van der Waals surface area contributed by atoms with Gasteiger partial charge in [-0.25, -0.2) is 4.98 Å². The molecule has 1 aromatic carbocycles. The third-order valence-corrected chi connectivity index (χ3v) is 3.85. The van der Waals surface area contributed by atoms with Crippen LogP contribution in [0.5, 0.6) is 0 Å². The maximum atomic E-state index is 6.10. The lowest BCUT2D eigenvalue weighted by molar-refractivity contribution is 1.14. The normalized spacial score (nSPS) is 10.4. The zero-order valence-corrected chi connectivity index (χ0v) is 13.5. The van der Waals surface area contributed by atoms with Crippen LogP contribution in [-0.4, -0.2) is 17.0 Å². The van der Waals surface area contributed by atoms with Gasteiger partial charge in [-0.3, -0.25) is 0 Å². The molecule has 1 heterocycles. The van der Waals surface area contributed by atoms with E-state index >= 15 is 0 Å². The van der Waals surface area contributed by atoms with Crippen molar-refractivity contribution in [3.8, 4) is 0 Å². The molecule has 4 nitrogen and oxygen atoms in total. The molecule has 0 bridgehead atoms. The third kappa shape index (κ3) is 3.42. The molecule has 2 N–H and O–H groups in total. The second-order valence-corrected chi connectivity index (χ2v) is 5.59. The van der Waals surface area contributed by atoms with Crippen LogP contribution in [0.2, 0.25) is 15.1 Å². The predicted molar refractivity (Wildman–Crippen MR) is 84.0 cm³/mol. The molecule has 0 saturated carbocycles. The first-order valence-corrected chi connectivity index (χ1v) is 7.06. The number of halogens is 4. The van der Waals surface area contributed by atoms with Crippen molar-refractivity contribution in [3.63, 3.8) is 0 Å². The quantitative estimate of drug-likeness (QED) is 0.735. The van der Waals surface area contributed by atoms with Crippen LogP contribution in [0.15, 0.2) is 22.8 Å². The summed E-state index contributed by atoms with van der Waals surface area (Å²) in [6.07, 6.45) is 1.63. The summed E-state index contributed by atoms with van der Waals surface area (Å²) in [5.74, 6) is 1.06. The minimum atomic E-state index is 0.398. The second-order valence-electron chi connectivity index (χ2n) is 3.51. The Morgan fingerprint density at radius 1 is 1.11 bits per heavy atom. The van der Waals surface area contributed by atoms with Gasteiger partial charge in [0.2, 0.25) is 5.95 Å². The molecular formula is C11H8BrCl3N4. The van der Waals surface area contributed by atoms with Gasteiger partial charge >= 0.3 is 0 Å². The number of nitrogens with zero attached hydrogens (tertiary/aromatic N) is 2. The maximum absolute atomic E-state index is 6.10. The Kier molecular flexibility index (Phi) is 4.73. The van der Waals surface area contributed by atoms with E-state index in [1.165, 1.54) is 0 Å². The highest BCUT2D eigenvalue weighted by atomic mass is 79.9. The zero-order valence-electron chi connectivity index (χ0n) is 9.64. The summed E-state index contributed by atoms with van der Waals surface area (Å²) >= 11 is 21.3. The predicted octanol–water partition coefficient (Wildman–Crippen LogP) is 4.98. The van der Waals surface area contributed by atoms with E-state index in [0.717, 1.165) is 0 Å². The van der Waals surface area contributed by atoms with Gasteiger partial charge in [0.05, 0.1) is 25.2 Å². The van der Waals surface area contributed by atoms with E-state index in [4.69, 9.17) is 34.8 Å². The smallest absolute Gasteiger partial charge is 0.224 e. The molecule has 0 saturated heterocycles. The van der Waals surface area contributed by atoms with E-state index in [2.05, 4.69) is 36.5 Å². The standard InChI is InChI=1S/C11H8BrCl3N4/c1-16-11-17-4-5(12)10(19-11)18-9-3-7(14)6(13)2-8(9)15/h2-4H,1H3,(H2,16,17,18,19). The Balaban J connectivity index is 2.38. The molecule has 0 spiro atoms. The zero-order chi connectivity index (χ0) is 14.0. The molecule has 0 aliphatic rings. The maximum Gasteiger partial charge on any atom is 0.224 e. The number of nitrogens with one attached hydrogen (secondary N) is 2. The second kappa shape index (κ2) is 6.13. The summed E-state index contributed by atoms with van der Waals surface area (Å²) < 4.78 is 0.702. The van der Waals surface area contributed by atoms with Crippen molar-refractivity contribution in [3.05, 3.63) is 37.9 Å². The van der Waals surface area contributed by atoms with Crippen LogP contribution in [0.3, 0.4) is 0 Å². The molecule has 8 heteroatoms. The molecule has 0 radical (unpaired) electrons. The average molecular weight is 382 g/mol. The fraction of sp³-hybridized carbons (Fsp3) is 0.0909. The highest BCUT2D eigenvalue weighted by Crippen LogP contribution is 2.34. The lowest BCUT2D eigenvalue weighted by Gasteiger charge is -2.11. The van der Waals surface area contributed by atoms with Gasteiger partial charge in [-0.05, 0) is 28.1 Å². The molecule has 0 atom stereocenters. The van der Waals surface area contributed by atoms with Crippen LogP contribution < -0.4 is 10.6 Å².